The lowest BCUT2D eigenvalue weighted by molar-refractivity contribution is 0.0191. The summed E-state index contributed by atoms with van der Waals surface area (Å²) >= 11 is 0. The second-order valence-electron chi connectivity index (χ2n) is 8.69. The number of aromatic nitrogens is 4. The van der Waals surface area contributed by atoms with Crippen LogP contribution in [-0.2, 0) is 11.3 Å². The van der Waals surface area contributed by atoms with E-state index < -0.39 is 0 Å². The minimum Gasteiger partial charge on any atom is -0.394 e. The molecule has 10 heteroatoms. The van der Waals surface area contributed by atoms with Gasteiger partial charge in [-0.25, -0.2) is 14.7 Å². The third-order valence-corrected chi connectivity index (χ3v) is 6.47. The number of hydrogen-bond donors (Lipinski definition) is 1. The van der Waals surface area contributed by atoms with Gasteiger partial charge < -0.3 is 9.84 Å². The van der Waals surface area contributed by atoms with Gasteiger partial charge in [0.1, 0.15) is 0 Å². The largest absolute Gasteiger partial charge is 0.394 e. The van der Waals surface area contributed by atoms with Crippen molar-refractivity contribution in [2.45, 2.75) is 32.5 Å². The molecular weight excluding hydrogens is 420 g/mol. The minimum atomic E-state index is -0.0296. The fourth-order valence-corrected chi connectivity index (χ4v) is 4.52. The van der Waals surface area contributed by atoms with Crippen molar-refractivity contribution in [3.8, 4) is 0 Å². The predicted octanol–water partition coefficient (Wildman–Crippen LogP) is 1.41. The van der Waals surface area contributed by atoms with Crippen LogP contribution in [-0.4, -0.2) is 98.2 Å². The highest BCUT2D eigenvalue weighted by Gasteiger charge is 2.26. The molecule has 0 spiro atoms. The molecule has 5 rings (SSSR count). The van der Waals surface area contributed by atoms with Gasteiger partial charge >= 0.3 is 0 Å². The summed E-state index contributed by atoms with van der Waals surface area (Å²) in [6, 6.07) is 0.343. The van der Waals surface area contributed by atoms with Gasteiger partial charge in [-0.2, -0.15) is 15.2 Å². The Kier molecular flexibility index (Phi) is 6.30. The summed E-state index contributed by atoms with van der Waals surface area (Å²) in [5, 5.41) is 20.7. The van der Waals surface area contributed by atoms with Crippen molar-refractivity contribution in [1.82, 2.24) is 29.7 Å². The quantitative estimate of drug-likeness (QED) is 0.710. The maximum Gasteiger partial charge on any atom is 0.251 e. The van der Waals surface area contributed by atoms with E-state index in [-0.39, 0.29) is 12.6 Å². The monoisotopic (exact) mass is 450 g/mol. The SMILES string of the molecule is CC1C=CC(Cn2ncc3cnc(N=C4C=NN(CCO)C4C)nc32)=CC1N1CCOCC1. The molecule has 0 saturated carbocycles. The lowest BCUT2D eigenvalue weighted by atomic mass is 9.91. The number of rotatable bonds is 6. The zero-order chi connectivity index (χ0) is 22.8. The topological polar surface area (TPSA) is 104 Å². The number of aliphatic hydroxyl groups is 1. The molecule has 174 valence electrons. The van der Waals surface area contributed by atoms with E-state index >= 15 is 0 Å². The van der Waals surface area contributed by atoms with Gasteiger partial charge in [0.25, 0.3) is 5.95 Å². The molecule has 1 saturated heterocycles. The first-order valence-corrected chi connectivity index (χ1v) is 11.5. The van der Waals surface area contributed by atoms with Crippen LogP contribution in [0.3, 0.4) is 0 Å². The maximum atomic E-state index is 9.18. The highest BCUT2D eigenvalue weighted by molar-refractivity contribution is 6.34. The van der Waals surface area contributed by atoms with Crippen LogP contribution >= 0.6 is 0 Å². The standard InChI is InChI=1S/C23H30N8O2/c1-16-3-4-18(11-21(16)29-6-9-33-10-7-29)15-31-22-19(13-25-31)12-24-23(28-22)27-20-14-26-30(5-8-32)17(20)2/h3-4,11-14,16-17,21,32H,5-10,15H2,1-2H3. The number of fused-ring (bicyclic) bond motifs is 1. The fraction of sp³-hybridized carbons (Fsp3) is 0.522. The third-order valence-electron chi connectivity index (χ3n) is 6.47. The number of ether oxygens (including phenoxy) is 1. The van der Waals surface area contributed by atoms with Gasteiger partial charge in [-0.1, -0.05) is 25.2 Å². The van der Waals surface area contributed by atoms with E-state index in [2.05, 4.69) is 55.2 Å². The van der Waals surface area contributed by atoms with Gasteiger partial charge in [0.2, 0.25) is 0 Å². The summed E-state index contributed by atoms with van der Waals surface area (Å²) in [7, 11) is 0. The zero-order valence-corrected chi connectivity index (χ0v) is 19.1. The van der Waals surface area contributed by atoms with Crippen LogP contribution in [0.4, 0.5) is 5.95 Å². The number of hydrazone groups is 1. The third kappa shape index (κ3) is 4.59. The Morgan fingerprint density at radius 1 is 1.21 bits per heavy atom. The van der Waals surface area contributed by atoms with Crippen LogP contribution in [0.1, 0.15) is 13.8 Å². The normalized spacial score (nSPS) is 27.1. The molecule has 1 N–H and O–H groups in total. The first-order chi connectivity index (χ1) is 16.1. The van der Waals surface area contributed by atoms with Crippen LogP contribution in [0.2, 0.25) is 0 Å². The molecular formula is C23H30N8O2. The van der Waals surface area contributed by atoms with Gasteiger partial charge in [0, 0.05) is 25.3 Å². The van der Waals surface area contributed by atoms with Gasteiger partial charge in [-0.3, -0.25) is 9.91 Å². The highest BCUT2D eigenvalue weighted by Crippen LogP contribution is 2.24. The second-order valence-corrected chi connectivity index (χ2v) is 8.69. The van der Waals surface area contributed by atoms with Gasteiger partial charge in [0.15, 0.2) is 5.65 Å². The van der Waals surface area contributed by atoms with Crippen molar-refractivity contribution >= 4 is 28.9 Å². The molecule has 2 aromatic heterocycles. The van der Waals surface area contributed by atoms with E-state index in [1.54, 1.807) is 23.6 Å². The van der Waals surface area contributed by atoms with Crippen molar-refractivity contribution in [3.63, 3.8) is 0 Å². The van der Waals surface area contributed by atoms with E-state index in [0.717, 1.165) is 43.0 Å². The first kappa shape index (κ1) is 21.9. The molecule has 1 aliphatic carbocycles. The predicted molar refractivity (Wildman–Crippen MR) is 127 cm³/mol. The van der Waals surface area contributed by atoms with Crippen LogP contribution in [0, 0.1) is 5.92 Å². The Labute approximate surface area is 193 Å². The molecule has 10 nitrogen and oxygen atoms in total. The van der Waals surface area contributed by atoms with E-state index in [9.17, 15) is 5.11 Å². The van der Waals surface area contributed by atoms with Gasteiger partial charge in [-0.05, 0) is 18.4 Å². The number of β-amino-alcohol motifs (C(OH)–C–C–N with tert-alkyl or cyclic N) is 1. The molecule has 1 fully saturated rings. The highest BCUT2D eigenvalue weighted by atomic mass is 16.5. The fourth-order valence-electron chi connectivity index (χ4n) is 4.52. The number of morpholine rings is 1. The smallest absolute Gasteiger partial charge is 0.251 e. The summed E-state index contributed by atoms with van der Waals surface area (Å²) in [4.78, 5) is 16.2. The Morgan fingerprint density at radius 2 is 2.06 bits per heavy atom. The number of nitrogens with zero attached hydrogens (tertiary/aromatic N) is 8. The Morgan fingerprint density at radius 3 is 2.88 bits per heavy atom. The lowest BCUT2D eigenvalue weighted by Gasteiger charge is -2.37. The Hall–Kier alpha value is -2.95. The average molecular weight is 451 g/mol. The molecule has 2 aromatic rings. The van der Waals surface area contributed by atoms with Crippen molar-refractivity contribution < 1.29 is 9.84 Å². The first-order valence-electron chi connectivity index (χ1n) is 11.5. The minimum absolute atomic E-state index is 0.0296. The average Bonchev–Trinajstić information content (AvgIpc) is 3.39. The molecule has 33 heavy (non-hydrogen) atoms. The van der Waals surface area contributed by atoms with E-state index in [1.807, 2.05) is 11.6 Å². The zero-order valence-electron chi connectivity index (χ0n) is 19.1. The van der Waals surface area contributed by atoms with E-state index in [1.165, 1.54) is 5.57 Å². The lowest BCUT2D eigenvalue weighted by Crippen LogP contribution is -2.45. The van der Waals surface area contributed by atoms with Crippen LogP contribution in [0.25, 0.3) is 11.0 Å². The number of aliphatic hydroxyl groups excluding tert-OH is 1. The van der Waals surface area contributed by atoms with Crippen LogP contribution < -0.4 is 0 Å². The Bertz CT molecular complexity index is 1110. The number of aliphatic imine (C=N–C) groups is 1. The van der Waals surface area contributed by atoms with Crippen LogP contribution in [0.5, 0.6) is 0 Å². The molecule has 3 unspecified atom stereocenters. The number of allylic oxidation sites excluding steroid dienone is 2. The Balaban J connectivity index is 1.37. The molecule has 0 bridgehead atoms. The molecule has 2 aliphatic heterocycles. The van der Waals surface area contributed by atoms with Crippen molar-refractivity contribution in [3.05, 3.63) is 36.2 Å². The molecule has 0 radical (unpaired) electrons. The summed E-state index contributed by atoms with van der Waals surface area (Å²) < 4.78 is 7.44. The van der Waals surface area contributed by atoms with Crippen molar-refractivity contribution in [1.29, 1.82) is 0 Å². The van der Waals surface area contributed by atoms with Crippen LogP contribution in [0.15, 0.2) is 46.3 Å². The summed E-state index contributed by atoms with van der Waals surface area (Å²) in [6.45, 7) is 8.94. The van der Waals surface area contributed by atoms with Gasteiger partial charge in [0.05, 0.1) is 62.5 Å². The molecule has 0 aromatic carbocycles. The summed E-state index contributed by atoms with van der Waals surface area (Å²) in [5.41, 5.74) is 2.75. The maximum absolute atomic E-state index is 9.18. The molecule has 3 atom stereocenters. The van der Waals surface area contributed by atoms with Gasteiger partial charge in [-0.15, -0.1) is 0 Å². The summed E-state index contributed by atoms with van der Waals surface area (Å²) in [6.07, 6.45) is 12.1. The summed E-state index contributed by atoms with van der Waals surface area (Å²) in [5.74, 6) is 0.850. The molecule has 0 amide bonds. The number of hydrogen-bond acceptors (Lipinski definition) is 9. The second kappa shape index (κ2) is 9.50. The molecule has 4 heterocycles. The van der Waals surface area contributed by atoms with E-state index in [0.29, 0.717) is 31.0 Å². The van der Waals surface area contributed by atoms with Crippen molar-refractivity contribution in [2.75, 3.05) is 39.5 Å². The van der Waals surface area contributed by atoms with E-state index in [4.69, 9.17) is 4.74 Å². The van der Waals surface area contributed by atoms with Crippen molar-refractivity contribution in [2.24, 2.45) is 16.0 Å². The molecule has 3 aliphatic rings.